The molecule has 0 amide bonds. The van der Waals surface area contributed by atoms with Crippen LogP contribution < -0.4 is 5.73 Å². The summed E-state index contributed by atoms with van der Waals surface area (Å²) in [7, 11) is 0. The molecule has 0 aliphatic rings. The molecule has 0 aromatic rings. The average molecular weight is 620 g/mol. The van der Waals surface area contributed by atoms with Crippen LogP contribution in [0.2, 0.25) is 0 Å². The quantitative estimate of drug-likeness (QED) is 0.0484. The Morgan fingerprint density at radius 1 is 0.455 bits per heavy atom. The molecule has 0 aromatic carbocycles. The van der Waals surface area contributed by atoms with Gasteiger partial charge in [0.2, 0.25) is 0 Å². The Hall–Kier alpha value is -1.62. The molecule has 0 aliphatic carbocycles. The Labute approximate surface area is 272 Å². The van der Waals surface area contributed by atoms with Gasteiger partial charge in [-0.25, -0.2) is 0 Å². The van der Waals surface area contributed by atoms with Crippen molar-refractivity contribution in [2.45, 2.75) is 206 Å². The minimum atomic E-state index is -0.672. The van der Waals surface area contributed by atoms with Crippen molar-refractivity contribution in [3.05, 3.63) is 24.3 Å². The highest BCUT2D eigenvalue weighted by molar-refractivity contribution is 5.66. The number of carboxylic acid groups (broad SMARTS) is 2. The van der Waals surface area contributed by atoms with Gasteiger partial charge in [-0.05, 0) is 83.0 Å². The second-order valence-corrected chi connectivity index (χ2v) is 13.4. The third-order valence-electron chi connectivity index (χ3n) is 9.03. The predicted octanol–water partition coefficient (Wildman–Crippen LogP) is 11.9. The first-order valence-electron chi connectivity index (χ1n) is 18.9. The van der Waals surface area contributed by atoms with E-state index in [1.165, 1.54) is 135 Å². The van der Waals surface area contributed by atoms with Gasteiger partial charge in [0, 0.05) is 18.9 Å². The van der Waals surface area contributed by atoms with Gasteiger partial charge in [0.15, 0.2) is 0 Å². The van der Waals surface area contributed by atoms with Gasteiger partial charge in [0.25, 0.3) is 0 Å². The molecule has 0 heterocycles. The highest BCUT2D eigenvalue weighted by Gasteiger charge is 2.11. The number of carboxylic acids is 2. The largest absolute Gasteiger partial charge is 0.481 e. The van der Waals surface area contributed by atoms with Crippen LogP contribution >= 0.6 is 0 Å². The molecular weight excluding hydrogens is 546 g/mol. The van der Waals surface area contributed by atoms with Crippen LogP contribution in [-0.4, -0.2) is 28.2 Å². The van der Waals surface area contributed by atoms with Gasteiger partial charge in [-0.1, -0.05) is 134 Å². The van der Waals surface area contributed by atoms with Gasteiger partial charge in [-0.2, -0.15) is 0 Å². The summed E-state index contributed by atoms with van der Waals surface area (Å²) in [5, 5.41) is 17.3. The summed E-state index contributed by atoms with van der Waals surface area (Å²) >= 11 is 0. The van der Waals surface area contributed by atoms with E-state index >= 15 is 0 Å². The van der Waals surface area contributed by atoms with Crippen LogP contribution in [0.25, 0.3) is 0 Å². The first kappa shape index (κ1) is 42.4. The standard InChI is InChI=1S/C39H73NO4/c1-36(32-28-24-20-16-12-8-4-2-3-5-10-14-18-22-26-30-34-38(41)42)37(40)33-29-25-21-17-13-9-6-7-11-15-19-23-27-31-35-39(43)44/h3,5-7,36-37H,2,4,8-35,40H2,1H3,(H,41,42)(H,43,44)/b5-3-,7-6-. The molecular formula is C39H73NO4. The molecule has 0 rings (SSSR count). The van der Waals surface area contributed by atoms with Crippen molar-refractivity contribution in [3.8, 4) is 0 Å². The highest BCUT2D eigenvalue weighted by atomic mass is 16.4. The Morgan fingerprint density at radius 2 is 0.727 bits per heavy atom. The summed E-state index contributed by atoms with van der Waals surface area (Å²) in [6.45, 7) is 2.35. The van der Waals surface area contributed by atoms with Crippen LogP contribution in [0.1, 0.15) is 200 Å². The van der Waals surface area contributed by atoms with E-state index in [1.54, 1.807) is 0 Å². The summed E-state index contributed by atoms with van der Waals surface area (Å²) in [5.41, 5.74) is 6.51. The number of aliphatic carboxylic acids is 2. The monoisotopic (exact) mass is 620 g/mol. The summed E-state index contributed by atoms with van der Waals surface area (Å²) in [6.07, 6.45) is 44.2. The minimum absolute atomic E-state index is 0.317. The Morgan fingerprint density at radius 3 is 1.07 bits per heavy atom. The normalized spacial score (nSPS) is 13.2. The molecule has 5 nitrogen and oxygen atoms in total. The van der Waals surface area contributed by atoms with E-state index in [2.05, 4.69) is 31.2 Å². The third kappa shape index (κ3) is 34.9. The number of rotatable bonds is 35. The lowest BCUT2D eigenvalue weighted by Gasteiger charge is -2.19. The maximum atomic E-state index is 10.5. The molecule has 0 bridgehead atoms. The molecule has 44 heavy (non-hydrogen) atoms. The molecule has 0 saturated heterocycles. The topological polar surface area (TPSA) is 101 Å². The smallest absolute Gasteiger partial charge is 0.303 e. The van der Waals surface area contributed by atoms with Gasteiger partial charge >= 0.3 is 11.9 Å². The fourth-order valence-electron chi connectivity index (χ4n) is 5.89. The van der Waals surface area contributed by atoms with Crippen molar-refractivity contribution in [2.75, 3.05) is 0 Å². The molecule has 0 aliphatic heterocycles. The molecule has 0 aromatic heterocycles. The van der Waals surface area contributed by atoms with Gasteiger partial charge < -0.3 is 15.9 Å². The molecule has 0 radical (unpaired) electrons. The molecule has 0 fully saturated rings. The van der Waals surface area contributed by atoms with Crippen LogP contribution in [0, 0.1) is 5.92 Å². The van der Waals surface area contributed by atoms with Gasteiger partial charge in [-0.15, -0.1) is 0 Å². The molecule has 258 valence electrons. The Balaban J connectivity index is 3.36. The van der Waals surface area contributed by atoms with Gasteiger partial charge in [0.1, 0.15) is 0 Å². The third-order valence-corrected chi connectivity index (χ3v) is 9.03. The number of hydrogen-bond donors (Lipinski definition) is 3. The van der Waals surface area contributed by atoms with E-state index in [0.717, 1.165) is 44.9 Å². The van der Waals surface area contributed by atoms with Crippen LogP contribution in [-0.2, 0) is 9.59 Å². The maximum absolute atomic E-state index is 10.5. The predicted molar refractivity (Wildman–Crippen MR) is 189 cm³/mol. The van der Waals surface area contributed by atoms with Crippen molar-refractivity contribution >= 4 is 11.9 Å². The fraction of sp³-hybridized carbons (Fsp3) is 0.846. The SMILES string of the molecule is CC(CCCCCCCCC/C=C\CCCCCCCC(=O)O)C(N)CCCCCCC/C=C\CCCCCCCC(=O)O. The molecule has 4 N–H and O–H groups in total. The average Bonchev–Trinajstić information content (AvgIpc) is 2.99. The first-order valence-corrected chi connectivity index (χ1v) is 18.9. The lowest BCUT2D eigenvalue weighted by Crippen LogP contribution is -2.28. The number of nitrogens with two attached hydrogens (primary N) is 1. The van der Waals surface area contributed by atoms with Gasteiger partial charge in [0.05, 0.1) is 0 Å². The summed E-state index contributed by atoms with van der Waals surface area (Å²) in [6, 6.07) is 0.368. The number of carbonyl (C=O) groups is 2. The van der Waals surface area contributed by atoms with E-state index in [1.807, 2.05) is 0 Å². The van der Waals surface area contributed by atoms with Crippen LogP contribution in [0.5, 0.6) is 0 Å². The van der Waals surface area contributed by atoms with Crippen molar-refractivity contribution in [3.63, 3.8) is 0 Å². The number of allylic oxidation sites excluding steroid dienone is 4. The van der Waals surface area contributed by atoms with Crippen LogP contribution in [0.3, 0.4) is 0 Å². The molecule has 2 unspecified atom stereocenters. The molecule has 2 atom stereocenters. The lowest BCUT2D eigenvalue weighted by molar-refractivity contribution is -0.138. The fourth-order valence-corrected chi connectivity index (χ4v) is 5.89. The maximum Gasteiger partial charge on any atom is 0.303 e. The second kappa shape index (κ2) is 34.3. The van der Waals surface area contributed by atoms with Crippen LogP contribution in [0.15, 0.2) is 24.3 Å². The zero-order valence-corrected chi connectivity index (χ0v) is 29.0. The highest BCUT2D eigenvalue weighted by Crippen LogP contribution is 2.19. The van der Waals surface area contributed by atoms with E-state index < -0.39 is 11.9 Å². The zero-order valence-electron chi connectivity index (χ0n) is 29.0. The van der Waals surface area contributed by atoms with Crippen molar-refractivity contribution in [1.29, 1.82) is 0 Å². The minimum Gasteiger partial charge on any atom is -0.481 e. The van der Waals surface area contributed by atoms with E-state index in [-0.39, 0.29) is 0 Å². The van der Waals surface area contributed by atoms with Crippen molar-refractivity contribution in [2.24, 2.45) is 11.7 Å². The van der Waals surface area contributed by atoms with E-state index in [4.69, 9.17) is 15.9 Å². The van der Waals surface area contributed by atoms with Crippen LogP contribution in [0.4, 0.5) is 0 Å². The Kier molecular flexibility index (Phi) is 33.0. The molecule has 5 heteroatoms. The van der Waals surface area contributed by atoms with Gasteiger partial charge in [-0.3, -0.25) is 9.59 Å². The zero-order chi connectivity index (χ0) is 32.4. The Bertz CT molecular complexity index is 690. The molecule has 0 spiro atoms. The second-order valence-electron chi connectivity index (χ2n) is 13.4. The van der Waals surface area contributed by atoms with E-state index in [9.17, 15) is 9.59 Å². The number of unbranched alkanes of at least 4 members (excludes halogenated alkanes) is 22. The first-order chi connectivity index (χ1) is 21.4. The molecule has 0 saturated carbocycles. The summed E-state index contributed by atoms with van der Waals surface area (Å²) in [4.78, 5) is 21.0. The van der Waals surface area contributed by atoms with Crippen molar-refractivity contribution in [1.82, 2.24) is 0 Å². The van der Waals surface area contributed by atoms with E-state index in [0.29, 0.717) is 24.8 Å². The summed E-state index contributed by atoms with van der Waals surface area (Å²) < 4.78 is 0. The lowest BCUT2D eigenvalue weighted by atomic mass is 9.91. The van der Waals surface area contributed by atoms with Crippen molar-refractivity contribution < 1.29 is 19.8 Å². The number of hydrogen-bond acceptors (Lipinski definition) is 3. The summed E-state index contributed by atoms with van der Waals surface area (Å²) in [5.74, 6) is -0.696.